The number of aliphatic imine (C=N–C) groups is 1. The second kappa shape index (κ2) is 17.3. The maximum absolute atomic E-state index is 13.0. The Morgan fingerprint density at radius 3 is 1.73 bits per heavy atom. The van der Waals surface area contributed by atoms with Crippen LogP contribution in [-0.4, -0.2) is 58.6 Å². The maximum Gasteiger partial charge on any atom is 0.437 e. The Labute approximate surface area is 253 Å². The van der Waals surface area contributed by atoms with Crippen molar-refractivity contribution in [3.63, 3.8) is 0 Å². The second-order valence-electron chi connectivity index (χ2n) is 9.27. The van der Waals surface area contributed by atoms with Crippen molar-refractivity contribution in [1.82, 2.24) is 10.2 Å². The van der Waals surface area contributed by atoms with Crippen molar-refractivity contribution in [1.29, 1.82) is 0 Å². The summed E-state index contributed by atoms with van der Waals surface area (Å²) in [6.07, 6.45) is -3.30. The van der Waals surface area contributed by atoms with Crippen molar-refractivity contribution in [3.05, 3.63) is 108 Å². The van der Waals surface area contributed by atoms with Gasteiger partial charge in [0.1, 0.15) is 25.9 Å². The average Bonchev–Trinajstić information content (AvgIpc) is 3.04. The largest absolute Gasteiger partial charge is 0.475 e. The van der Waals surface area contributed by atoms with Crippen LogP contribution in [0, 0.1) is 0 Å². The van der Waals surface area contributed by atoms with E-state index in [2.05, 4.69) is 10.3 Å². The number of carboxylic acids is 1. The van der Waals surface area contributed by atoms with Gasteiger partial charge < -0.3 is 30.4 Å². The Bertz CT molecular complexity index is 1430. The quantitative estimate of drug-likeness (QED) is 0.111. The highest BCUT2D eigenvalue weighted by Gasteiger charge is 2.28. The number of ketones is 1. The molecule has 0 aliphatic heterocycles. The van der Waals surface area contributed by atoms with E-state index in [0.717, 1.165) is 4.90 Å². The van der Waals surface area contributed by atoms with Crippen molar-refractivity contribution in [2.24, 2.45) is 10.7 Å². The summed E-state index contributed by atoms with van der Waals surface area (Å²) in [7, 11) is 0. The first-order valence-electron chi connectivity index (χ1n) is 13.5. The van der Waals surface area contributed by atoms with Gasteiger partial charge in [0.2, 0.25) is 5.96 Å². The van der Waals surface area contributed by atoms with Gasteiger partial charge in [0.25, 0.3) is 5.78 Å². The Hall–Kier alpha value is -5.72. The van der Waals surface area contributed by atoms with Gasteiger partial charge in [0.05, 0.1) is 0 Å². The number of nitrogens with one attached hydrogen (secondary N) is 1. The summed E-state index contributed by atoms with van der Waals surface area (Å²) in [6, 6.07) is 24.9. The molecule has 44 heavy (non-hydrogen) atoms. The monoisotopic (exact) mass is 604 g/mol. The summed E-state index contributed by atoms with van der Waals surface area (Å²) >= 11 is 0. The molecule has 3 rings (SSSR count). The highest BCUT2D eigenvalue weighted by atomic mass is 16.6. The standard InChI is InChI=1S/C31H32N4O9/c32-28(34-30(40)43-20-23-13-6-2-7-14-23)35(31(41)44-21-24-15-8-3-9-16-24)18-10-17-25(26(36)27(37)38)33-29(39)42-19-22-11-4-1-5-12-22/h1-9,11-16,25H,10,17-21H2,(H,33,39)(H,37,38)(H2,32,34,40). The van der Waals surface area contributed by atoms with Crippen LogP contribution in [0.5, 0.6) is 0 Å². The molecular formula is C31H32N4O9. The van der Waals surface area contributed by atoms with Crippen molar-refractivity contribution >= 4 is 36.0 Å². The van der Waals surface area contributed by atoms with Crippen LogP contribution in [0.3, 0.4) is 0 Å². The average molecular weight is 605 g/mol. The van der Waals surface area contributed by atoms with Gasteiger partial charge in [0, 0.05) is 6.54 Å². The lowest BCUT2D eigenvalue weighted by Crippen LogP contribution is -2.46. The Morgan fingerprint density at radius 2 is 1.23 bits per heavy atom. The fourth-order valence-electron chi connectivity index (χ4n) is 3.78. The number of hydrogen-bond acceptors (Lipinski definition) is 8. The highest BCUT2D eigenvalue weighted by Crippen LogP contribution is 2.09. The van der Waals surface area contributed by atoms with E-state index in [9.17, 15) is 29.1 Å². The molecule has 0 spiro atoms. The number of aliphatic carboxylic acids is 1. The smallest absolute Gasteiger partial charge is 0.437 e. The van der Waals surface area contributed by atoms with Crippen LogP contribution in [0.1, 0.15) is 29.5 Å². The lowest BCUT2D eigenvalue weighted by atomic mass is 10.1. The molecule has 0 fully saturated rings. The number of Topliss-reactive ketones (excluding diaryl/α,β-unsaturated/α-hetero) is 1. The number of guanidine groups is 1. The molecule has 0 bridgehead atoms. The molecule has 0 saturated heterocycles. The van der Waals surface area contributed by atoms with Crippen molar-refractivity contribution in [3.8, 4) is 0 Å². The first-order chi connectivity index (χ1) is 21.2. The van der Waals surface area contributed by atoms with Crippen LogP contribution in [0.2, 0.25) is 0 Å². The minimum atomic E-state index is -1.76. The van der Waals surface area contributed by atoms with E-state index in [4.69, 9.17) is 19.9 Å². The third kappa shape index (κ3) is 11.3. The zero-order chi connectivity index (χ0) is 31.7. The molecule has 13 heteroatoms. The van der Waals surface area contributed by atoms with Crippen LogP contribution < -0.4 is 11.1 Å². The van der Waals surface area contributed by atoms with E-state index in [-0.39, 0.29) is 39.2 Å². The molecular weight excluding hydrogens is 572 g/mol. The number of nitrogens with two attached hydrogens (primary N) is 1. The molecule has 1 atom stereocenters. The molecule has 0 radical (unpaired) electrons. The van der Waals surface area contributed by atoms with Crippen LogP contribution in [0.25, 0.3) is 0 Å². The summed E-state index contributed by atoms with van der Waals surface area (Å²) in [4.78, 5) is 65.8. The zero-order valence-corrected chi connectivity index (χ0v) is 23.7. The number of hydrogen-bond donors (Lipinski definition) is 3. The normalized spacial score (nSPS) is 11.5. The van der Waals surface area contributed by atoms with Gasteiger partial charge in [-0.3, -0.25) is 4.79 Å². The number of amides is 3. The van der Waals surface area contributed by atoms with Gasteiger partial charge in [-0.25, -0.2) is 24.1 Å². The number of ether oxygens (including phenoxy) is 3. The van der Waals surface area contributed by atoms with E-state index in [1.165, 1.54) is 0 Å². The number of carbonyl (C=O) groups is 5. The number of rotatable bonds is 13. The molecule has 4 N–H and O–H groups in total. The number of alkyl carbamates (subject to hydrolysis) is 1. The van der Waals surface area contributed by atoms with Gasteiger partial charge in [-0.05, 0) is 29.5 Å². The zero-order valence-electron chi connectivity index (χ0n) is 23.7. The highest BCUT2D eigenvalue weighted by molar-refractivity contribution is 6.35. The van der Waals surface area contributed by atoms with E-state index in [1.807, 2.05) is 0 Å². The van der Waals surface area contributed by atoms with Crippen LogP contribution >= 0.6 is 0 Å². The first kappa shape index (κ1) is 32.8. The van der Waals surface area contributed by atoms with Gasteiger partial charge in [0.15, 0.2) is 0 Å². The van der Waals surface area contributed by atoms with E-state index < -0.39 is 42.0 Å². The van der Waals surface area contributed by atoms with Gasteiger partial charge >= 0.3 is 24.2 Å². The van der Waals surface area contributed by atoms with Crippen LogP contribution in [-0.2, 0) is 43.6 Å². The summed E-state index contributed by atoms with van der Waals surface area (Å²) in [6.45, 7) is -0.551. The molecule has 3 aromatic rings. The molecule has 0 saturated carbocycles. The minimum Gasteiger partial charge on any atom is -0.475 e. The van der Waals surface area contributed by atoms with Crippen molar-refractivity contribution in [2.45, 2.75) is 38.7 Å². The molecule has 3 aromatic carbocycles. The predicted molar refractivity (Wildman–Crippen MR) is 157 cm³/mol. The van der Waals surface area contributed by atoms with Gasteiger partial charge in [-0.2, -0.15) is 0 Å². The van der Waals surface area contributed by atoms with Gasteiger partial charge in [-0.1, -0.05) is 91.0 Å². The number of carbonyl (C=O) groups excluding carboxylic acids is 4. The lowest BCUT2D eigenvalue weighted by molar-refractivity contribution is -0.150. The summed E-state index contributed by atoms with van der Waals surface area (Å²) in [5, 5.41) is 11.5. The third-order valence-corrected chi connectivity index (χ3v) is 6.02. The maximum atomic E-state index is 13.0. The Balaban J connectivity index is 1.65. The van der Waals surface area contributed by atoms with Gasteiger partial charge in [-0.15, -0.1) is 4.99 Å². The number of nitrogens with zero attached hydrogens (tertiary/aromatic N) is 2. The van der Waals surface area contributed by atoms with Crippen molar-refractivity contribution < 1.29 is 43.3 Å². The first-order valence-corrected chi connectivity index (χ1v) is 13.5. The SMILES string of the molecule is NC(=NC(=O)OCc1ccccc1)N(CCCC(NC(=O)OCc1ccccc1)C(=O)C(=O)O)C(=O)OCc1ccccc1. The summed E-state index contributed by atoms with van der Waals surface area (Å²) in [5.74, 6) is -3.59. The van der Waals surface area contributed by atoms with E-state index in [0.29, 0.717) is 16.7 Å². The molecule has 0 aliphatic rings. The topological polar surface area (TPSA) is 187 Å². The minimum absolute atomic E-state index is 0.0572. The van der Waals surface area contributed by atoms with Crippen LogP contribution in [0.15, 0.2) is 96.0 Å². The molecule has 1 unspecified atom stereocenters. The predicted octanol–water partition coefficient (Wildman–Crippen LogP) is 4.01. The van der Waals surface area contributed by atoms with Crippen molar-refractivity contribution in [2.75, 3.05) is 6.54 Å². The summed E-state index contributed by atoms with van der Waals surface area (Å²) in [5.41, 5.74) is 8.06. The third-order valence-electron chi connectivity index (χ3n) is 6.02. The van der Waals surface area contributed by atoms with E-state index >= 15 is 0 Å². The fourth-order valence-corrected chi connectivity index (χ4v) is 3.78. The molecule has 230 valence electrons. The molecule has 0 aliphatic carbocycles. The molecule has 3 amide bonds. The lowest BCUT2D eigenvalue weighted by Gasteiger charge is -2.22. The fraction of sp³-hybridized carbons (Fsp3) is 0.226. The number of benzene rings is 3. The Morgan fingerprint density at radius 1 is 0.750 bits per heavy atom. The van der Waals surface area contributed by atoms with E-state index in [1.54, 1.807) is 91.0 Å². The Kier molecular flexibility index (Phi) is 12.9. The summed E-state index contributed by atoms with van der Waals surface area (Å²) < 4.78 is 15.5. The number of carboxylic acid groups (broad SMARTS) is 1. The molecule has 0 aromatic heterocycles. The molecule has 0 heterocycles. The van der Waals surface area contributed by atoms with Crippen LogP contribution in [0.4, 0.5) is 14.4 Å². The second-order valence-corrected chi connectivity index (χ2v) is 9.27. The molecule has 13 nitrogen and oxygen atoms in total.